The Kier molecular flexibility index (Phi) is 7.55. The van der Waals surface area contributed by atoms with E-state index in [1.807, 2.05) is 17.5 Å². The van der Waals surface area contributed by atoms with Crippen molar-refractivity contribution in [3.05, 3.63) is 22.4 Å². The van der Waals surface area contributed by atoms with Crippen molar-refractivity contribution < 1.29 is 24.2 Å². The van der Waals surface area contributed by atoms with Gasteiger partial charge in [0.1, 0.15) is 6.04 Å². The Hall–Kier alpha value is -1.93. The average molecular weight is 328 g/mol. The molecule has 1 aromatic rings. The molecule has 0 radical (unpaired) electrons. The van der Waals surface area contributed by atoms with Crippen LogP contribution in [0.25, 0.3) is 0 Å². The molecule has 1 heterocycles. The molecule has 2 amide bonds. The molecule has 0 bridgehead atoms. The Balaban J connectivity index is 2.65. The highest BCUT2D eigenvalue weighted by Gasteiger charge is 2.23. The monoisotopic (exact) mass is 328 g/mol. The second-order valence-corrected chi connectivity index (χ2v) is 5.69. The van der Waals surface area contributed by atoms with Crippen molar-refractivity contribution in [2.24, 2.45) is 0 Å². The molecule has 2 atom stereocenters. The quantitative estimate of drug-likeness (QED) is 0.625. The summed E-state index contributed by atoms with van der Waals surface area (Å²) in [5.74, 6) is -1.80. The lowest BCUT2D eigenvalue weighted by Gasteiger charge is -2.18. The summed E-state index contributed by atoms with van der Waals surface area (Å²) in [6.07, 6.45) is 0.165. The third-order valence-corrected chi connectivity index (χ3v) is 3.88. The number of rotatable bonds is 9. The fourth-order valence-electron chi connectivity index (χ4n) is 1.89. The van der Waals surface area contributed by atoms with E-state index in [4.69, 9.17) is 9.84 Å². The van der Waals surface area contributed by atoms with Gasteiger partial charge in [0.05, 0.1) is 12.5 Å². The van der Waals surface area contributed by atoms with Crippen molar-refractivity contribution >= 4 is 29.1 Å². The van der Waals surface area contributed by atoms with E-state index in [1.54, 1.807) is 0 Å². The molecule has 122 valence electrons. The average Bonchev–Trinajstić information content (AvgIpc) is 2.96. The van der Waals surface area contributed by atoms with Crippen LogP contribution < -0.4 is 10.6 Å². The Morgan fingerprint density at radius 2 is 2.09 bits per heavy atom. The molecule has 0 fully saturated rings. The minimum atomic E-state index is -1.11. The highest BCUT2D eigenvalue weighted by atomic mass is 32.1. The molecule has 0 saturated carbocycles. The number of aliphatic carboxylic acids is 1. The van der Waals surface area contributed by atoms with Crippen LogP contribution in [0.2, 0.25) is 0 Å². The molecular formula is C14H20N2O5S. The second kappa shape index (κ2) is 9.16. The predicted molar refractivity (Wildman–Crippen MR) is 81.6 cm³/mol. The van der Waals surface area contributed by atoms with Gasteiger partial charge in [-0.05, 0) is 11.4 Å². The summed E-state index contributed by atoms with van der Waals surface area (Å²) in [4.78, 5) is 35.2. The maximum atomic E-state index is 12.0. The Labute approximate surface area is 132 Å². The van der Waals surface area contributed by atoms with Gasteiger partial charge in [0.2, 0.25) is 11.8 Å². The first kappa shape index (κ1) is 18.1. The molecule has 3 N–H and O–H groups in total. The Morgan fingerprint density at radius 1 is 1.36 bits per heavy atom. The lowest BCUT2D eigenvalue weighted by atomic mass is 10.1. The number of hydrogen-bond acceptors (Lipinski definition) is 5. The number of hydrogen-bond donors (Lipinski definition) is 3. The van der Waals surface area contributed by atoms with Crippen LogP contribution in [0.5, 0.6) is 0 Å². The van der Waals surface area contributed by atoms with E-state index in [-0.39, 0.29) is 25.4 Å². The lowest BCUT2D eigenvalue weighted by molar-refractivity contribution is -0.142. The number of carboxylic acid groups (broad SMARTS) is 1. The molecule has 0 saturated heterocycles. The summed E-state index contributed by atoms with van der Waals surface area (Å²) in [5.41, 5.74) is 0. The number of nitrogens with one attached hydrogen (secondary N) is 2. The molecule has 0 aliphatic carbocycles. The van der Waals surface area contributed by atoms with Crippen LogP contribution in [0.15, 0.2) is 17.5 Å². The van der Waals surface area contributed by atoms with Crippen LogP contribution in [0.3, 0.4) is 0 Å². The molecular weight excluding hydrogens is 308 g/mol. The van der Waals surface area contributed by atoms with Crippen LogP contribution >= 0.6 is 11.3 Å². The van der Waals surface area contributed by atoms with Gasteiger partial charge in [-0.15, -0.1) is 11.3 Å². The highest BCUT2D eigenvalue weighted by molar-refractivity contribution is 7.10. The lowest BCUT2D eigenvalue weighted by Crippen LogP contribution is -2.43. The van der Waals surface area contributed by atoms with Crippen molar-refractivity contribution in [3.63, 3.8) is 0 Å². The van der Waals surface area contributed by atoms with E-state index >= 15 is 0 Å². The summed E-state index contributed by atoms with van der Waals surface area (Å²) in [6.45, 7) is 1.61. The predicted octanol–water partition coefficient (Wildman–Crippen LogP) is 0.921. The van der Waals surface area contributed by atoms with E-state index in [2.05, 4.69) is 10.6 Å². The normalized spacial score (nSPS) is 13.2. The van der Waals surface area contributed by atoms with Gasteiger partial charge in [0.25, 0.3) is 0 Å². The van der Waals surface area contributed by atoms with Crippen molar-refractivity contribution in [2.75, 3.05) is 13.7 Å². The molecule has 0 aliphatic heterocycles. The molecule has 7 nitrogen and oxygen atoms in total. The van der Waals surface area contributed by atoms with Gasteiger partial charge >= 0.3 is 5.97 Å². The largest absolute Gasteiger partial charge is 0.480 e. The molecule has 0 spiro atoms. The molecule has 2 unspecified atom stereocenters. The van der Waals surface area contributed by atoms with Crippen molar-refractivity contribution in [1.29, 1.82) is 0 Å². The number of carbonyl (C=O) groups excluding carboxylic acids is 2. The van der Waals surface area contributed by atoms with Gasteiger partial charge in [-0.2, -0.15) is 0 Å². The zero-order chi connectivity index (χ0) is 16.5. The molecule has 0 aliphatic rings. The van der Waals surface area contributed by atoms with E-state index in [1.165, 1.54) is 25.4 Å². The number of thiophene rings is 1. The number of amides is 2. The molecule has 8 heteroatoms. The van der Waals surface area contributed by atoms with Crippen molar-refractivity contribution in [3.8, 4) is 0 Å². The first-order valence-corrected chi connectivity index (χ1v) is 7.63. The van der Waals surface area contributed by atoms with Crippen LogP contribution in [0.4, 0.5) is 0 Å². The standard InChI is InChI=1S/C14H20N2O5S/c1-9(17)15-11(12-4-3-7-22-12)8-13(18)16-10(14(19)20)5-6-21-2/h3-4,7,10-11H,5-6,8H2,1-2H3,(H,15,17)(H,16,18)(H,19,20). The second-order valence-electron chi connectivity index (χ2n) is 4.71. The first-order chi connectivity index (χ1) is 10.4. The van der Waals surface area contributed by atoms with Gasteiger partial charge in [-0.25, -0.2) is 4.79 Å². The van der Waals surface area contributed by atoms with Crippen molar-refractivity contribution in [1.82, 2.24) is 10.6 Å². The van der Waals surface area contributed by atoms with Gasteiger partial charge in [0.15, 0.2) is 0 Å². The van der Waals surface area contributed by atoms with Crippen LogP contribution in [0, 0.1) is 0 Å². The number of carbonyl (C=O) groups is 3. The fourth-order valence-corrected chi connectivity index (χ4v) is 2.67. The van der Waals surface area contributed by atoms with E-state index < -0.39 is 24.0 Å². The number of methoxy groups -OCH3 is 1. The Morgan fingerprint density at radius 3 is 2.59 bits per heavy atom. The summed E-state index contributed by atoms with van der Waals surface area (Å²) in [6, 6.07) is 2.17. The number of carboxylic acids is 1. The maximum absolute atomic E-state index is 12.0. The Bertz CT molecular complexity index is 503. The van der Waals surface area contributed by atoms with E-state index in [9.17, 15) is 14.4 Å². The summed E-state index contributed by atoms with van der Waals surface area (Å²) in [7, 11) is 1.46. The minimum Gasteiger partial charge on any atom is -0.480 e. The number of ether oxygens (including phenoxy) is 1. The zero-order valence-corrected chi connectivity index (χ0v) is 13.3. The highest BCUT2D eigenvalue weighted by Crippen LogP contribution is 2.22. The SMILES string of the molecule is COCCC(NC(=O)CC(NC(C)=O)c1cccs1)C(=O)O. The third-order valence-electron chi connectivity index (χ3n) is 2.90. The van der Waals surface area contributed by atoms with Crippen molar-refractivity contribution in [2.45, 2.75) is 31.8 Å². The fraction of sp³-hybridized carbons (Fsp3) is 0.500. The topological polar surface area (TPSA) is 105 Å². The molecule has 1 aromatic heterocycles. The van der Waals surface area contributed by atoms with Gasteiger partial charge < -0.3 is 20.5 Å². The van der Waals surface area contributed by atoms with Gasteiger partial charge in [-0.3, -0.25) is 9.59 Å². The molecule has 1 rings (SSSR count). The van der Waals surface area contributed by atoms with Crippen LogP contribution in [0.1, 0.15) is 30.7 Å². The zero-order valence-electron chi connectivity index (χ0n) is 12.5. The molecule has 0 aromatic carbocycles. The van der Waals surface area contributed by atoms with Crippen LogP contribution in [-0.2, 0) is 19.1 Å². The first-order valence-electron chi connectivity index (χ1n) is 6.75. The summed E-state index contributed by atoms with van der Waals surface area (Å²) >= 11 is 1.42. The summed E-state index contributed by atoms with van der Waals surface area (Å²) in [5, 5.41) is 16.1. The van der Waals surface area contributed by atoms with E-state index in [0.717, 1.165) is 4.88 Å². The minimum absolute atomic E-state index is 0.0170. The summed E-state index contributed by atoms with van der Waals surface area (Å²) < 4.78 is 4.83. The molecule has 22 heavy (non-hydrogen) atoms. The third kappa shape index (κ3) is 6.23. The van der Waals surface area contributed by atoms with Gasteiger partial charge in [-0.1, -0.05) is 6.07 Å². The van der Waals surface area contributed by atoms with Crippen LogP contribution in [-0.4, -0.2) is 42.6 Å². The smallest absolute Gasteiger partial charge is 0.326 e. The van der Waals surface area contributed by atoms with E-state index in [0.29, 0.717) is 0 Å². The van der Waals surface area contributed by atoms with Gasteiger partial charge in [0, 0.05) is 31.9 Å². The maximum Gasteiger partial charge on any atom is 0.326 e.